The van der Waals surface area contributed by atoms with Gasteiger partial charge in [-0.1, -0.05) is 41.7 Å². The highest BCUT2D eigenvalue weighted by atomic mass is 32.1. The normalized spacial score (nSPS) is 10.8. The third-order valence-electron chi connectivity index (χ3n) is 2.36. The van der Waals surface area contributed by atoms with Gasteiger partial charge in [-0.3, -0.25) is 4.98 Å². The van der Waals surface area contributed by atoms with E-state index in [4.69, 9.17) is 5.73 Å². The van der Waals surface area contributed by atoms with Crippen molar-refractivity contribution in [1.29, 1.82) is 0 Å². The first-order valence-electron chi connectivity index (χ1n) is 4.90. The minimum absolute atomic E-state index is 0.585. The van der Waals surface area contributed by atoms with Crippen LogP contribution in [0.2, 0.25) is 0 Å². The van der Waals surface area contributed by atoms with Crippen molar-refractivity contribution < 1.29 is 0 Å². The molecule has 16 heavy (non-hydrogen) atoms. The van der Waals surface area contributed by atoms with E-state index in [1.165, 1.54) is 11.3 Å². The van der Waals surface area contributed by atoms with Gasteiger partial charge in [0.05, 0.1) is 15.9 Å². The van der Waals surface area contributed by atoms with Crippen molar-refractivity contribution in [2.24, 2.45) is 0 Å². The van der Waals surface area contributed by atoms with Crippen LogP contribution in [0, 0.1) is 0 Å². The third kappa shape index (κ3) is 1.53. The van der Waals surface area contributed by atoms with Gasteiger partial charge in [-0.25, -0.2) is 4.98 Å². The number of nitrogens with zero attached hydrogens (tertiary/aromatic N) is 2. The van der Waals surface area contributed by atoms with Crippen LogP contribution in [-0.4, -0.2) is 9.97 Å². The van der Waals surface area contributed by atoms with E-state index in [0.717, 1.165) is 21.5 Å². The summed E-state index contributed by atoms with van der Waals surface area (Å²) in [6, 6.07) is 12.0. The Hall–Kier alpha value is -1.94. The number of fused-ring (bicyclic) bond motifs is 1. The summed E-state index contributed by atoms with van der Waals surface area (Å²) in [5.41, 5.74) is 8.59. The Kier molecular flexibility index (Phi) is 2.08. The van der Waals surface area contributed by atoms with Crippen molar-refractivity contribution in [3.8, 4) is 11.3 Å². The van der Waals surface area contributed by atoms with Gasteiger partial charge in [0.1, 0.15) is 0 Å². The molecule has 0 saturated heterocycles. The van der Waals surface area contributed by atoms with E-state index in [-0.39, 0.29) is 0 Å². The lowest BCUT2D eigenvalue weighted by atomic mass is 10.1. The monoisotopic (exact) mass is 227 g/mol. The van der Waals surface area contributed by atoms with Crippen LogP contribution in [0.5, 0.6) is 0 Å². The molecule has 0 radical (unpaired) electrons. The maximum atomic E-state index is 5.66. The van der Waals surface area contributed by atoms with Crippen molar-refractivity contribution in [3.05, 3.63) is 42.6 Å². The smallest absolute Gasteiger partial charge is 0.181 e. The Bertz CT molecular complexity index is 631. The van der Waals surface area contributed by atoms with Gasteiger partial charge in [-0.15, -0.1) is 0 Å². The van der Waals surface area contributed by atoms with Crippen molar-refractivity contribution in [2.45, 2.75) is 0 Å². The second-order valence-corrected chi connectivity index (χ2v) is 4.52. The SMILES string of the molecule is Nc1nc2cc(-c3ccccc3)ncc2s1. The number of hydrogen-bond acceptors (Lipinski definition) is 4. The molecule has 4 heteroatoms. The van der Waals surface area contributed by atoms with Gasteiger partial charge in [0.15, 0.2) is 5.13 Å². The summed E-state index contributed by atoms with van der Waals surface area (Å²) in [5.74, 6) is 0. The zero-order chi connectivity index (χ0) is 11.0. The van der Waals surface area contributed by atoms with Crippen molar-refractivity contribution >= 4 is 26.7 Å². The van der Waals surface area contributed by atoms with E-state index in [0.29, 0.717) is 5.13 Å². The number of nitrogen functional groups attached to an aromatic ring is 1. The topological polar surface area (TPSA) is 51.8 Å². The molecular weight excluding hydrogens is 218 g/mol. The number of hydrogen-bond donors (Lipinski definition) is 1. The lowest BCUT2D eigenvalue weighted by molar-refractivity contribution is 1.35. The molecule has 0 amide bonds. The van der Waals surface area contributed by atoms with Crippen LogP contribution >= 0.6 is 11.3 Å². The Balaban J connectivity index is 2.18. The number of aromatic nitrogens is 2. The summed E-state index contributed by atoms with van der Waals surface area (Å²) < 4.78 is 1.03. The lowest BCUT2D eigenvalue weighted by Crippen LogP contribution is -1.83. The molecule has 0 aliphatic carbocycles. The molecule has 0 unspecified atom stereocenters. The van der Waals surface area contributed by atoms with E-state index < -0.39 is 0 Å². The number of pyridine rings is 1. The molecule has 0 fully saturated rings. The number of nitrogens with two attached hydrogens (primary N) is 1. The molecule has 78 valence electrons. The predicted molar refractivity (Wildman–Crippen MR) is 67.3 cm³/mol. The summed E-state index contributed by atoms with van der Waals surface area (Å²) in [5, 5.41) is 0.585. The fraction of sp³-hybridized carbons (Fsp3) is 0. The maximum Gasteiger partial charge on any atom is 0.181 e. The van der Waals surface area contributed by atoms with Gasteiger partial charge in [0.25, 0.3) is 0 Å². The second kappa shape index (κ2) is 3.57. The van der Waals surface area contributed by atoms with E-state index in [2.05, 4.69) is 9.97 Å². The summed E-state index contributed by atoms with van der Waals surface area (Å²) >= 11 is 1.46. The number of anilines is 1. The molecule has 2 N–H and O–H groups in total. The Morgan fingerprint density at radius 2 is 1.94 bits per heavy atom. The van der Waals surface area contributed by atoms with Gasteiger partial charge in [-0.2, -0.15) is 0 Å². The third-order valence-corrected chi connectivity index (χ3v) is 3.20. The zero-order valence-electron chi connectivity index (χ0n) is 8.42. The second-order valence-electron chi connectivity index (χ2n) is 3.46. The minimum atomic E-state index is 0.585. The van der Waals surface area contributed by atoms with Crippen molar-refractivity contribution in [3.63, 3.8) is 0 Å². The maximum absolute atomic E-state index is 5.66. The van der Waals surface area contributed by atoms with E-state index in [9.17, 15) is 0 Å². The Labute approximate surface area is 96.6 Å². The van der Waals surface area contributed by atoms with Crippen LogP contribution in [0.1, 0.15) is 0 Å². The van der Waals surface area contributed by atoms with E-state index >= 15 is 0 Å². The summed E-state index contributed by atoms with van der Waals surface area (Å²) in [7, 11) is 0. The number of rotatable bonds is 1. The molecule has 0 spiro atoms. The molecule has 0 aliphatic heterocycles. The van der Waals surface area contributed by atoms with Gasteiger partial charge in [-0.05, 0) is 6.07 Å². The van der Waals surface area contributed by atoms with Gasteiger partial charge in [0.2, 0.25) is 0 Å². The Morgan fingerprint density at radius 3 is 2.75 bits per heavy atom. The first kappa shape index (κ1) is 9.30. The Morgan fingerprint density at radius 1 is 1.12 bits per heavy atom. The van der Waals surface area contributed by atoms with Crippen LogP contribution in [0.3, 0.4) is 0 Å². The summed E-state index contributed by atoms with van der Waals surface area (Å²) in [4.78, 5) is 8.66. The fourth-order valence-corrected chi connectivity index (χ4v) is 2.30. The zero-order valence-corrected chi connectivity index (χ0v) is 9.24. The highest BCUT2D eigenvalue weighted by Gasteiger charge is 2.04. The molecule has 1 aromatic carbocycles. The molecule has 0 aliphatic rings. The van der Waals surface area contributed by atoms with E-state index in [1.54, 1.807) is 0 Å². The molecular formula is C12H9N3S. The highest BCUT2D eigenvalue weighted by molar-refractivity contribution is 7.22. The summed E-state index contributed by atoms with van der Waals surface area (Å²) in [6.07, 6.45) is 1.83. The van der Waals surface area contributed by atoms with Gasteiger partial charge >= 0.3 is 0 Å². The molecule has 2 aromatic heterocycles. The van der Waals surface area contributed by atoms with Crippen LogP contribution in [0.4, 0.5) is 5.13 Å². The summed E-state index contributed by atoms with van der Waals surface area (Å²) in [6.45, 7) is 0. The molecule has 0 saturated carbocycles. The average molecular weight is 227 g/mol. The number of thiazole rings is 1. The fourth-order valence-electron chi connectivity index (χ4n) is 1.62. The molecule has 2 heterocycles. The van der Waals surface area contributed by atoms with Crippen LogP contribution in [0.25, 0.3) is 21.5 Å². The van der Waals surface area contributed by atoms with Gasteiger partial charge in [0, 0.05) is 11.8 Å². The van der Waals surface area contributed by atoms with Crippen LogP contribution in [-0.2, 0) is 0 Å². The predicted octanol–water partition coefficient (Wildman–Crippen LogP) is 2.94. The number of benzene rings is 1. The quantitative estimate of drug-likeness (QED) is 0.695. The molecule has 3 aromatic rings. The van der Waals surface area contributed by atoms with Crippen molar-refractivity contribution in [2.75, 3.05) is 5.73 Å². The highest BCUT2D eigenvalue weighted by Crippen LogP contribution is 2.26. The van der Waals surface area contributed by atoms with E-state index in [1.807, 2.05) is 42.6 Å². The average Bonchev–Trinajstić information content (AvgIpc) is 2.69. The van der Waals surface area contributed by atoms with Gasteiger partial charge < -0.3 is 5.73 Å². The minimum Gasteiger partial charge on any atom is -0.375 e. The first-order valence-corrected chi connectivity index (χ1v) is 5.72. The largest absolute Gasteiger partial charge is 0.375 e. The standard InChI is InChI=1S/C12H9N3S/c13-12-15-10-6-9(14-7-11(10)16-12)8-4-2-1-3-5-8/h1-7H,(H2,13,15). The molecule has 3 rings (SSSR count). The molecule has 3 nitrogen and oxygen atoms in total. The van der Waals surface area contributed by atoms with Crippen molar-refractivity contribution in [1.82, 2.24) is 9.97 Å². The molecule has 0 bridgehead atoms. The lowest BCUT2D eigenvalue weighted by Gasteiger charge is -1.99. The van der Waals surface area contributed by atoms with Crippen LogP contribution in [0.15, 0.2) is 42.6 Å². The molecule has 0 atom stereocenters. The van der Waals surface area contributed by atoms with Crippen LogP contribution < -0.4 is 5.73 Å². The first-order chi connectivity index (χ1) is 7.83.